The second kappa shape index (κ2) is 11.1. The second-order valence-corrected chi connectivity index (χ2v) is 8.42. The van der Waals surface area contributed by atoms with Gasteiger partial charge in [-0.1, -0.05) is 23.9 Å². The first-order valence-electron chi connectivity index (χ1n) is 9.84. The number of hydrogen-bond donors (Lipinski definition) is 1. The molecule has 0 radical (unpaired) electrons. The van der Waals surface area contributed by atoms with E-state index in [4.69, 9.17) is 9.47 Å². The van der Waals surface area contributed by atoms with Crippen LogP contribution in [-0.4, -0.2) is 39.8 Å². The lowest BCUT2D eigenvalue weighted by atomic mass is 10.3. The van der Waals surface area contributed by atoms with Crippen molar-refractivity contribution in [3.05, 3.63) is 54.4 Å². The van der Waals surface area contributed by atoms with Crippen LogP contribution in [-0.2, 0) is 11.3 Å². The number of aromatic nitrogens is 3. The number of hydrogen-bond acceptors (Lipinski definition) is 7. The fourth-order valence-corrected chi connectivity index (χ4v) is 4.23. The molecule has 1 N–H and O–H groups in total. The predicted octanol–water partition coefficient (Wildman–Crippen LogP) is 4.90. The summed E-state index contributed by atoms with van der Waals surface area (Å²) in [5, 5.41) is 12.2. The van der Waals surface area contributed by atoms with Gasteiger partial charge in [-0.25, -0.2) is 0 Å². The molecular formula is C22H26N4O3S2. The van der Waals surface area contributed by atoms with E-state index in [1.165, 1.54) is 11.8 Å². The van der Waals surface area contributed by atoms with Crippen LogP contribution in [0.4, 0.5) is 5.69 Å². The maximum absolute atomic E-state index is 12.4. The van der Waals surface area contributed by atoms with Crippen molar-refractivity contribution < 1.29 is 14.3 Å². The zero-order valence-corrected chi connectivity index (χ0v) is 19.6. The third-order valence-corrected chi connectivity index (χ3v) is 6.16. The van der Waals surface area contributed by atoms with Gasteiger partial charge in [-0.2, -0.15) is 0 Å². The molecule has 0 spiro atoms. The lowest BCUT2D eigenvalue weighted by Gasteiger charge is -2.16. The Bertz CT molecular complexity index is 1030. The van der Waals surface area contributed by atoms with E-state index in [1.807, 2.05) is 73.2 Å². The molecule has 3 rings (SSSR count). The molecule has 0 aliphatic rings. The van der Waals surface area contributed by atoms with Gasteiger partial charge in [-0.05, 0) is 50.4 Å². The van der Waals surface area contributed by atoms with E-state index >= 15 is 0 Å². The summed E-state index contributed by atoms with van der Waals surface area (Å²) >= 11 is 2.99. The summed E-state index contributed by atoms with van der Waals surface area (Å²) in [4.78, 5) is 13.5. The van der Waals surface area contributed by atoms with Gasteiger partial charge < -0.3 is 19.4 Å². The normalized spacial score (nSPS) is 11.7. The minimum atomic E-state index is -0.308. The molecule has 7 nitrogen and oxygen atoms in total. The third-order valence-electron chi connectivity index (χ3n) is 4.47. The number of ether oxygens (including phenoxy) is 2. The molecule has 2 aromatic carbocycles. The highest BCUT2D eigenvalue weighted by atomic mass is 32.2. The van der Waals surface area contributed by atoms with Crippen LogP contribution in [0.5, 0.6) is 11.5 Å². The van der Waals surface area contributed by atoms with Crippen LogP contribution in [0, 0.1) is 0 Å². The number of thioether (sulfide) groups is 2. The Balaban J connectivity index is 1.63. The average Bonchev–Trinajstić information content (AvgIpc) is 3.21. The predicted molar refractivity (Wildman–Crippen MR) is 125 cm³/mol. The molecule has 9 heteroatoms. The highest BCUT2D eigenvalue weighted by Crippen LogP contribution is 2.27. The standard InChI is InChI=1S/C22H26N4O3S2/c1-5-26-21(15(2)29-18-10-7-9-17(13-18)28-3)24-25-22(26)31-14-20(27)23-16-8-6-11-19(12-16)30-4/h6-13,15H,5,14H2,1-4H3,(H,23,27). The number of carbonyl (C=O) groups excluding carboxylic acids is 1. The fraction of sp³-hybridized carbons (Fsp3) is 0.318. The van der Waals surface area contributed by atoms with E-state index < -0.39 is 0 Å². The van der Waals surface area contributed by atoms with Crippen LogP contribution in [0.15, 0.2) is 58.6 Å². The molecule has 164 valence electrons. The Morgan fingerprint density at radius 3 is 2.68 bits per heavy atom. The van der Waals surface area contributed by atoms with E-state index in [1.54, 1.807) is 18.9 Å². The summed E-state index contributed by atoms with van der Waals surface area (Å²) < 4.78 is 13.2. The van der Waals surface area contributed by atoms with Crippen LogP contribution in [0.3, 0.4) is 0 Å². The highest BCUT2D eigenvalue weighted by molar-refractivity contribution is 7.99. The van der Waals surface area contributed by atoms with Crippen molar-refractivity contribution in [3.63, 3.8) is 0 Å². The summed E-state index contributed by atoms with van der Waals surface area (Å²) in [6.45, 7) is 4.62. The number of rotatable bonds is 10. The Morgan fingerprint density at radius 2 is 1.94 bits per heavy atom. The molecule has 0 fully saturated rings. The smallest absolute Gasteiger partial charge is 0.234 e. The second-order valence-electron chi connectivity index (χ2n) is 6.59. The summed E-state index contributed by atoms with van der Waals surface area (Å²) in [6.07, 6.45) is 1.70. The van der Waals surface area contributed by atoms with E-state index in [0.717, 1.165) is 16.3 Å². The molecule has 1 heterocycles. The zero-order valence-electron chi connectivity index (χ0n) is 18.0. The summed E-state index contributed by atoms with van der Waals surface area (Å²) in [5.74, 6) is 2.29. The van der Waals surface area contributed by atoms with Crippen molar-refractivity contribution in [3.8, 4) is 11.5 Å². The first kappa shape index (κ1) is 23.0. The van der Waals surface area contributed by atoms with Crippen LogP contribution >= 0.6 is 23.5 Å². The largest absolute Gasteiger partial charge is 0.497 e. The number of methoxy groups -OCH3 is 1. The minimum absolute atomic E-state index is 0.0869. The summed E-state index contributed by atoms with van der Waals surface area (Å²) in [6, 6.07) is 15.2. The van der Waals surface area contributed by atoms with Crippen LogP contribution in [0.2, 0.25) is 0 Å². The molecule has 0 bridgehead atoms. The summed E-state index contributed by atoms with van der Waals surface area (Å²) in [7, 11) is 1.62. The van der Waals surface area contributed by atoms with Gasteiger partial charge in [0.2, 0.25) is 5.91 Å². The van der Waals surface area contributed by atoms with E-state index in [-0.39, 0.29) is 17.8 Å². The SMILES string of the molecule is CCn1c(SCC(=O)Nc2cccc(SC)c2)nnc1C(C)Oc1cccc(OC)c1. The maximum atomic E-state index is 12.4. The minimum Gasteiger partial charge on any atom is -0.497 e. The Labute approximate surface area is 190 Å². The molecule has 1 aromatic heterocycles. The van der Waals surface area contributed by atoms with Gasteiger partial charge in [0.05, 0.1) is 12.9 Å². The van der Waals surface area contributed by atoms with Crippen molar-refractivity contribution in [2.45, 2.75) is 36.5 Å². The number of anilines is 1. The quantitative estimate of drug-likeness (QED) is 0.433. The van der Waals surface area contributed by atoms with E-state index in [2.05, 4.69) is 15.5 Å². The van der Waals surface area contributed by atoms with Crippen molar-refractivity contribution in [2.75, 3.05) is 24.4 Å². The first-order valence-corrected chi connectivity index (χ1v) is 12.1. The lowest BCUT2D eigenvalue weighted by molar-refractivity contribution is -0.113. The van der Waals surface area contributed by atoms with Gasteiger partial charge in [0.25, 0.3) is 0 Å². The molecule has 0 aliphatic heterocycles. The van der Waals surface area contributed by atoms with E-state index in [9.17, 15) is 4.79 Å². The first-order chi connectivity index (χ1) is 15.0. The monoisotopic (exact) mass is 458 g/mol. The number of benzene rings is 2. The van der Waals surface area contributed by atoms with Crippen LogP contribution < -0.4 is 14.8 Å². The van der Waals surface area contributed by atoms with Gasteiger partial charge in [0.1, 0.15) is 11.5 Å². The van der Waals surface area contributed by atoms with Crippen LogP contribution in [0.25, 0.3) is 0 Å². The van der Waals surface area contributed by atoms with Crippen molar-refractivity contribution in [1.29, 1.82) is 0 Å². The molecule has 0 saturated heterocycles. The Hall–Kier alpha value is -2.65. The Kier molecular flexibility index (Phi) is 8.25. The third kappa shape index (κ3) is 6.18. The van der Waals surface area contributed by atoms with Gasteiger partial charge in [-0.3, -0.25) is 4.79 Å². The molecule has 0 saturated carbocycles. The fourth-order valence-electron chi connectivity index (χ4n) is 2.96. The van der Waals surface area contributed by atoms with Crippen molar-refractivity contribution >= 4 is 35.1 Å². The van der Waals surface area contributed by atoms with Crippen LogP contribution in [0.1, 0.15) is 25.8 Å². The lowest BCUT2D eigenvalue weighted by Crippen LogP contribution is -2.15. The average molecular weight is 459 g/mol. The number of carbonyl (C=O) groups is 1. The van der Waals surface area contributed by atoms with Gasteiger partial charge in [0, 0.05) is 23.2 Å². The molecular weight excluding hydrogens is 432 g/mol. The highest BCUT2D eigenvalue weighted by Gasteiger charge is 2.19. The molecule has 0 aliphatic carbocycles. The topological polar surface area (TPSA) is 78.3 Å². The van der Waals surface area contributed by atoms with Crippen molar-refractivity contribution in [1.82, 2.24) is 14.8 Å². The zero-order chi connectivity index (χ0) is 22.2. The number of amides is 1. The molecule has 1 amide bonds. The molecule has 3 aromatic rings. The van der Waals surface area contributed by atoms with Gasteiger partial charge >= 0.3 is 0 Å². The maximum Gasteiger partial charge on any atom is 0.234 e. The van der Waals surface area contributed by atoms with Gasteiger partial charge in [-0.15, -0.1) is 22.0 Å². The molecule has 1 unspecified atom stereocenters. The number of nitrogens with one attached hydrogen (secondary N) is 1. The summed E-state index contributed by atoms with van der Waals surface area (Å²) in [5.41, 5.74) is 0.787. The molecule has 31 heavy (non-hydrogen) atoms. The Morgan fingerprint density at radius 1 is 1.16 bits per heavy atom. The van der Waals surface area contributed by atoms with Crippen molar-refractivity contribution in [2.24, 2.45) is 0 Å². The van der Waals surface area contributed by atoms with E-state index in [0.29, 0.717) is 23.3 Å². The number of nitrogens with zero attached hydrogens (tertiary/aromatic N) is 3. The van der Waals surface area contributed by atoms with Gasteiger partial charge in [0.15, 0.2) is 17.1 Å². The molecule has 1 atom stereocenters.